The van der Waals surface area contributed by atoms with Gasteiger partial charge in [-0.3, -0.25) is 0 Å². The number of para-hydroxylation sites is 2. The van der Waals surface area contributed by atoms with Gasteiger partial charge in [0.25, 0.3) is 0 Å². The van der Waals surface area contributed by atoms with Crippen LogP contribution in [0.4, 0.5) is 0 Å². The number of nitrogens with zero attached hydrogens (tertiary/aromatic N) is 2. The van der Waals surface area contributed by atoms with E-state index in [4.69, 9.17) is 0 Å². The van der Waals surface area contributed by atoms with Crippen molar-refractivity contribution in [3.8, 4) is 0 Å². The second kappa shape index (κ2) is 11.9. The lowest BCUT2D eigenvalue weighted by Crippen LogP contribution is -2.35. The van der Waals surface area contributed by atoms with Gasteiger partial charge in [0, 0.05) is 45.2 Å². The van der Waals surface area contributed by atoms with Crippen LogP contribution in [0.15, 0.2) is 85.2 Å². The van der Waals surface area contributed by atoms with E-state index in [1.54, 1.807) is 0 Å². The average molecular weight is 471 g/mol. The molecule has 0 aliphatic rings. The van der Waals surface area contributed by atoms with Crippen LogP contribution in [0.3, 0.4) is 0 Å². The summed E-state index contributed by atoms with van der Waals surface area (Å²) in [6.45, 7) is 2.13. The van der Waals surface area contributed by atoms with Crippen molar-refractivity contribution in [1.29, 1.82) is 0 Å². The number of aryl methyl sites for hydroxylation is 2. The monoisotopic (exact) mass is 470 g/mol. The molecule has 2 nitrogen and oxygen atoms in total. The third kappa shape index (κ3) is 6.10. The third-order valence-electron chi connectivity index (χ3n) is 4.88. The van der Waals surface area contributed by atoms with E-state index >= 15 is 0 Å². The van der Waals surface area contributed by atoms with Gasteiger partial charge in [-0.05, 0) is 24.3 Å². The van der Waals surface area contributed by atoms with Crippen LogP contribution < -0.4 is 9.13 Å². The summed E-state index contributed by atoms with van der Waals surface area (Å²) in [7, 11) is 3.97. The maximum absolute atomic E-state index is 2.36. The lowest BCUT2D eigenvalue weighted by Gasteiger charge is -2.03. The minimum absolute atomic E-state index is 1.06. The van der Waals surface area contributed by atoms with Crippen molar-refractivity contribution in [2.75, 3.05) is 21.7 Å². The second-order valence-electron chi connectivity index (χ2n) is 6.81. The van der Waals surface area contributed by atoms with E-state index in [-0.39, 0.29) is 0 Å². The number of hydrogen-bond donors (Lipinski definition) is 0. The molecule has 0 unspecified atom stereocenters. The molecule has 2 aromatic carbocycles. The molecular weight excluding hydrogens is 445 g/mol. The molecule has 2 heterocycles. The van der Waals surface area contributed by atoms with Gasteiger partial charge in [0.15, 0.2) is 25.5 Å². The quantitative estimate of drug-likeness (QED) is 0.114. The highest BCUT2D eigenvalue weighted by atomic mass is 33.1. The number of pyridine rings is 2. The Labute approximate surface area is 195 Å². The van der Waals surface area contributed by atoms with Crippen LogP contribution in [0.2, 0.25) is 0 Å². The molecule has 4 aromatic rings. The van der Waals surface area contributed by atoms with Crippen molar-refractivity contribution in [2.24, 2.45) is 0 Å². The largest absolute Gasteiger partial charge is 0.212 e. The molecule has 154 valence electrons. The van der Waals surface area contributed by atoms with Gasteiger partial charge in [0.05, 0.1) is 11.5 Å². The summed E-state index contributed by atoms with van der Waals surface area (Å²) in [6, 6.07) is 25.9. The van der Waals surface area contributed by atoms with Crippen LogP contribution in [-0.2, 0) is 13.1 Å². The molecular formula is C24H26N2S4+2. The Morgan fingerprint density at radius 2 is 0.967 bits per heavy atom. The molecule has 0 amide bonds. The predicted octanol–water partition coefficient (Wildman–Crippen LogP) is 6.03. The third-order valence-corrected chi connectivity index (χ3v) is 10.3. The van der Waals surface area contributed by atoms with Crippen molar-refractivity contribution in [3.63, 3.8) is 0 Å². The van der Waals surface area contributed by atoms with Crippen LogP contribution in [0.1, 0.15) is 0 Å². The maximum atomic E-state index is 2.36. The summed E-state index contributed by atoms with van der Waals surface area (Å²) >= 11 is 4.05. The van der Waals surface area contributed by atoms with Gasteiger partial charge in [-0.15, -0.1) is 23.5 Å². The normalized spacial score (nSPS) is 11.3. The van der Waals surface area contributed by atoms with Crippen molar-refractivity contribution < 1.29 is 9.13 Å². The fourth-order valence-electron chi connectivity index (χ4n) is 3.41. The molecule has 0 radical (unpaired) electrons. The first-order valence-electron chi connectivity index (χ1n) is 10.1. The molecule has 4 rings (SSSR count). The lowest BCUT2D eigenvalue weighted by atomic mass is 10.2. The first-order valence-corrected chi connectivity index (χ1v) is 14.9. The molecule has 2 aromatic heterocycles. The van der Waals surface area contributed by atoms with E-state index in [1.807, 2.05) is 45.1 Å². The first-order chi connectivity index (χ1) is 14.9. The second-order valence-corrected chi connectivity index (χ2v) is 12.2. The van der Waals surface area contributed by atoms with Crippen LogP contribution >= 0.6 is 45.1 Å². The minimum Gasteiger partial charge on any atom is -0.197 e. The molecule has 30 heavy (non-hydrogen) atoms. The van der Waals surface area contributed by atoms with Crippen molar-refractivity contribution >= 4 is 66.9 Å². The Bertz CT molecular complexity index is 989. The topological polar surface area (TPSA) is 7.76 Å². The molecule has 0 aliphatic carbocycles. The summed E-state index contributed by atoms with van der Waals surface area (Å²) in [4.78, 5) is 0. The fourth-order valence-corrected chi connectivity index (χ4v) is 8.54. The number of benzene rings is 2. The number of fused-ring (bicyclic) bond motifs is 2. The standard InChI is InChI=1S/C24H26N2S4/c1-3-11-23-21(7-1)9-5-13-25(23)15-17-27-19-29-30-20-28-18-16-26-14-6-10-22-8-2-4-12-24(22)26/h1-14H,15-20H2/q+2. The summed E-state index contributed by atoms with van der Waals surface area (Å²) in [6.07, 6.45) is 4.38. The van der Waals surface area contributed by atoms with Gasteiger partial charge in [-0.2, -0.15) is 9.13 Å². The van der Waals surface area contributed by atoms with Gasteiger partial charge >= 0.3 is 0 Å². The maximum Gasteiger partial charge on any atom is 0.212 e. The Hall–Kier alpha value is -1.34. The van der Waals surface area contributed by atoms with Gasteiger partial charge < -0.3 is 0 Å². The van der Waals surface area contributed by atoms with E-state index in [9.17, 15) is 0 Å². The number of aromatic nitrogens is 2. The van der Waals surface area contributed by atoms with Crippen molar-refractivity contribution in [1.82, 2.24) is 0 Å². The van der Waals surface area contributed by atoms with E-state index in [0.29, 0.717) is 0 Å². The van der Waals surface area contributed by atoms with E-state index < -0.39 is 0 Å². The zero-order valence-corrected chi connectivity index (χ0v) is 20.1. The molecule has 0 aliphatic heterocycles. The van der Waals surface area contributed by atoms with E-state index in [2.05, 4.69) is 94.3 Å². The molecule has 0 N–H and O–H groups in total. The minimum atomic E-state index is 1.06. The van der Waals surface area contributed by atoms with Gasteiger partial charge in [0.1, 0.15) is 0 Å². The SMILES string of the molecule is c1ccc2c(c1)ccc[n+]2CCSCSSCSCC[n+]1cccc2ccccc21. The number of rotatable bonds is 11. The smallest absolute Gasteiger partial charge is 0.197 e. The summed E-state index contributed by atoms with van der Waals surface area (Å²) in [5, 5.41) is 4.92. The van der Waals surface area contributed by atoms with E-state index in [0.717, 1.165) is 34.8 Å². The van der Waals surface area contributed by atoms with Gasteiger partial charge in [-0.1, -0.05) is 45.9 Å². The highest BCUT2D eigenvalue weighted by molar-refractivity contribution is 8.79. The zero-order valence-electron chi connectivity index (χ0n) is 16.9. The number of hydrogen-bond acceptors (Lipinski definition) is 4. The fraction of sp³-hybridized carbons (Fsp3) is 0.250. The van der Waals surface area contributed by atoms with Crippen LogP contribution in [0, 0.1) is 0 Å². The van der Waals surface area contributed by atoms with Crippen molar-refractivity contribution in [3.05, 3.63) is 85.2 Å². The van der Waals surface area contributed by atoms with Crippen LogP contribution in [0.5, 0.6) is 0 Å². The van der Waals surface area contributed by atoms with E-state index in [1.165, 1.54) is 21.8 Å². The zero-order chi connectivity index (χ0) is 20.4. The Morgan fingerprint density at radius 1 is 0.533 bits per heavy atom. The summed E-state index contributed by atoms with van der Waals surface area (Å²) in [5.41, 5.74) is 2.64. The molecule has 6 heteroatoms. The molecule has 0 atom stereocenters. The Morgan fingerprint density at radius 3 is 1.47 bits per heavy atom. The molecule has 0 spiro atoms. The highest BCUT2D eigenvalue weighted by Crippen LogP contribution is 2.29. The highest BCUT2D eigenvalue weighted by Gasteiger charge is 2.08. The first kappa shape index (κ1) is 21.9. The average Bonchev–Trinajstić information content (AvgIpc) is 2.80. The lowest BCUT2D eigenvalue weighted by molar-refractivity contribution is -0.666. The molecule has 0 bridgehead atoms. The Balaban J connectivity index is 1.08. The van der Waals surface area contributed by atoms with Gasteiger partial charge in [-0.25, -0.2) is 0 Å². The van der Waals surface area contributed by atoms with Crippen LogP contribution in [0.25, 0.3) is 21.8 Å². The van der Waals surface area contributed by atoms with Gasteiger partial charge in [0.2, 0.25) is 11.0 Å². The summed E-state index contributed by atoms with van der Waals surface area (Å²) < 4.78 is 4.72. The Kier molecular flexibility index (Phi) is 8.67. The summed E-state index contributed by atoms with van der Waals surface area (Å²) in [5.74, 6) is 2.30. The molecule has 0 saturated heterocycles. The molecule has 0 saturated carbocycles. The predicted molar refractivity (Wildman–Crippen MR) is 138 cm³/mol. The number of thioether (sulfide) groups is 2. The molecule has 0 fully saturated rings. The van der Waals surface area contributed by atoms with Crippen molar-refractivity contribution in [2.45, 2.75) is 13.1 Å². The van der Waals surface area contributed by atoms with Crippen LogP contribution in [-0.4, -0.2) is 21.7 Å².